The lowest BCUT2D eigenvalue weighted by molar-refractivity contribution is -0.137. The molecule has 0 unspecified atom stereocenters. The Kier molecular flexibility index (Phi) is 3.82. The third-order valence-electron chi connectivity index (χ3n) is 2.36. The second-order valence-electron chi connectivity index (χ2n) is 3.65. The fourth-order valence-corrected chi connectivity index (χ4v) is 2.57. The van der Waals surface area contributed by atoms with E-state index in [1.165, 1.54) is 17.4 Å². The van der Waals surface area contributed by atoms with E-state index in [0.717, 1.165) is 23.4 Å². The molecule has 0 amide bonds. The Morgan fingerprint density at radius 3 is 2.67 bits per heavy atom. The minimum Gasteiger partial charge on any atom is -0.355 e. The quantitative estimate of drug-likeness (QED) is 0.762. The van der Waals surface area contributed by atoms with E-state index >= 15 is 0 Å². The highest BCUT2D eigenvalue weighted by molar-refractivity contribution is 7.08. The maximum absolute atomic E-state index is 12.5. The molecule has 0 radical (unpaired) electrons. The van der Waals surface area contributed by atoms with Gasteiger partial charge in [0.15, 0.2) is 0 Å². The Morgan fingerprint density at radius 2 is 2.00 bits per heavy atom. The van der Waals surface area contributed by atoms with Crippen molar-refractivity contribution in [3.05, 3.63) is 46.2 Å². The van der Waals surface area contributed by atoms with Crippen molar-refractivity contribution in [2.75, 3.05) is 5.32 Å². The molecule has 18 heavy (non-hydrogen) atoms. The van der Waals surface area contributed by atoms with Crippen molar-refractivity contribution in [2.24, 2.45) is 0 Å². The Bertz CT molecular complexity index is 536. The van der Waals surface area contributed by atoms with Gasteiger partial charge in [-0.15, -0.1) is 22.9 Å². The summed E-state index contributed by atoms with van der Waals surface area (Å²) in [4.78, 5) is 0. The molecule has 1 heterocycles. The summed E-state index contributed by atoms with van der Waals surface area (Å²) in [5.41, 5.74) is 1.35. The van der Waals surface area contributed by atoms with Gasteiger partial charge in [0.1, 0.15) is 0 Å². The third kappa shape index (κ3) is 2.97. The van der Waals surface area contributed by atoms with E-state index in [1.54, 1.807) is 6.07 Å². The number of thiophene rings is 1. The number of hydrogen-bond acceptors (Lipinski definition) is 2. The van der Waals surface area contributed by atoms with Gasteiger partial charge in [0.25, 0.3) is 0 Å². The molecule has 0 spiro atoms. The molecule has 0 saturated heterocycles. The minimum atomic E-state index is -4.33. The second kappa shape index (κ2) is 5.20. The lowest BCUT2D eigenvalue weighted by atomic mass is 10.2. The highest BCUT2D eigenvalue weighted by Gasteiger charge is 2.30. The van der Waals surface area contributed by atoms with Crippen LogP contribution in [-0.4, -0.2) is 0 Å². The van der Waals surface area contributed by atoms with Gasteiger partial charge in [-0.3, -0.25) is 0 Å². The highest BCUT2D eigenvalue weighted by atomic mass is 35.5. The van der Waals surface area contributed by atoms with Crippen LogP contribution < -0.4 is 5.32 Å². The van der Waals surface area contributed by atoms with Crippen LogP contribution in [0.25, 0.3) is 0 Å². The normalized spacial score (nSPS) is 11.6. The average molecular weight is 292 g/mol. The van der Waals surface area contributed by atoms with E-state index < -0.39 is 11.7 Å². The Morgan fingerprint density at radius 1 is 1.22 bits per heavy atom. The molecule has 96 valence electrons. The molecule has 2 rings (SSSR count). The molecule has 6 heteroatoms. The summed E-state index contributed by atoms with van der Waals surface area (Å²) in [6.07, 6.45) is -4.33. The number of anilines is 2. The van der Waals surface area contributed by atoms with Crippen molar-refractivity contribution in [1.29, 1.82) is 0 Å². The van der Waals surface area contributed by atoms with Gasteiger partial charge in [-0.25, -0.2) is 0 Å². The fourth-order valence-electron chi connectivity index (χ4n) is 1.47. The van der Waals surface area contributed by atoms with Crippen LogP contribution in [0.4, 0.5) is 24.5 Å². The lowest BCUT2D eigenvalue weighted by Crippen LogP contribution is -2.05. The molecule has 2 aromatic rings. The molecule has 0 aliphatic carbocycles. The summed E-state index contributed by atoms with van der Waals surface area (Å²) in [5.74, 6) is 0.324. The zero-order valence-corrected chi connectivity index (χ0v) is 10.7. The smallest absolute Gasteiger partial charge is 0.355 e. The second-order valence-corrected chi connectivity index (χ2v) is 4.66. The van der Waals surface area contributed by atoms with Crippen molar-refractivity contribution in [3.8, 4) is 0 Å². The molecule has 0 bridgehead atoms. The first kappa shape index (κ1) is 13.2. The van der Waals surface area contributed by atoms with Gasteiger partial charge in [0.2, 0.25) is 0 Å². The van der Waals surface area contributed by atoms with Gasteiger partial charge in [-0.05, 0) is 23.6 Å². The summed E-state index contributed by atoms with van der Waals surface area (Å²) >= 11 is 7.18. The van der Waals surface area contributed by atoms with Crippen molar-refractivity contribution in [3.63, 3.8) is 0 Å². The van der Waals surface area contributed by atoms with Gasteiger partial charge in [0, 0.05) is 16.6 Å². The summed E-state index contributed by atoms with van der Waals surface area (Å²) in [5, 5.41) is 6.62. The summed E-state index contributed by atoms with van der Waals surface area (Å²) in [6.45, 7) is 0. The van der Waals surface area contributed by atoms with E-state index in [1.807, 2.05) is 10.8 Å². The number of rotatable bonds is 3. The van der Waals surface area contributed by atoms with Crippen LogP contribution in [0.15, 0.2) is 35.0 Å². The van der Waals surface area contributed by atoms with E-state index in [4.69, 9.17) is 11.6 Å². The van der Waals surface area contributed by atoms with Gasteiger partial charge < -0.3 is 5.32 Å². The van der Waals surface area contributed by atoms with Gasteiger partial charge in [-0.2, -0.15) is 13.2 Å². The van der Waals surface area contributed by atoms with Crippen LogP contribution in [-0.2, 0) is 12.1 Å². The highest BCUT2D eigenvalue weighted by Crippen LogP contribution is 2.32. The average Bonchev–Trinajstić information content (AvgIpc) is 2.75. The largest absolute Gasteiger partial charge is 0.416 e. The number of hydrogen-bond donors (Lipinski definition) is 1. The maximum atomic E-state index is 12.5. The van der Waals surface area contributed by atoms with Crippen molar-refractivity contribution < 1.29 is 13.2 Å². The predicted molar refractivity (Wildman–Crippen MR) is 68.6 cm³/mol. The first-order chi connectivity index (χ1) is 8.50. The monoisotopic (exact) mass is 291 g/mol. The molecule has 0 saturated carbocycles. The third-order valence-corrected chi connectivity index (χ3v) is 3.44. The van der Waals surface area contributed by atoms with Crippen molar-refractivity contribution in [2.45, 2.75) is 12.1 Å². The first-order valence-corrected chi connectivity index (χ1v) is 6.54. The van der Waals surface area contributed by atoms with Gasteiger partial charge in [-0.1, -0.05) is 6.07 Å². The van der Waals surface area contributed by atoms with E-state index in [2.05, 4.69) is 5.32 Å². The SMILES string of the molecule is FC(F)(F)c1cccc(Nc2cscc2CCl)c1. The van der Waals surface area contributed by atoms with Gasteiger partial charge in [0.05, 0.1) is 17.1 Å². The van der Waals surface area contributed by atoms with Crippen LogP contribution in [0, 0.1) is 0 Å². The fraction of sp³-hybridized carbons (Fsp3) is 0.167. The van der Waals surface area contributed by atoms with Crippen LogP contribution in [0.1, 0.15) is 11.1 Å². The molecule has 0 aliphatic heterocycles. The molecule has 1 nitrogen and oxygen atoms in total. The molecule has 1 aromatic carbocycles. The van der Waals surface area contributed by atoms with Crippen LogP contribution in [0.3, 0.4) is 0 Å². The molecular formula is C12H9ClF3NS. The summed E-state index contributed by atoms with van der Waals surface area (Å²) < 4.78 is 37.6. The van der Waals surface area contributed by atoms with Gasteiger partial charge >= 0.3 is 6.18 Å². The summed E-state index contributed by atoms with van der Waals surface area (Å²) in [7, 11) is 0. The number of alkyl halides is 4. The summed E-state index contributed by atoms with van der Waals surface area (Å²) in [6, 6.07) is 5.08. The number of benzene rings is 1. The maximum Gasteiger partial charge on any atom is 0.416 e. The molecule has 0 atom stereocenters. The van der Waals surface area contributed by atoms with Crippen molar-refractivity contribution >= 4 is 34.3 Å². The predicted octanol–water partition coefficient (Wildman–Crippen LogP) is 5.25. The zero-order chi connectivity index (χ0) is 13.2. The van der Waals surface area contributed by atoms with Crippen LogP contribution in [0.2, 0.25) is 0 Å². The number of halogens is 4. The Balaban J connectivity index is 2.25. The van der Waals surface area contributed by atoms with Crippen LogP contribution in [0.5, 0.6) is 0 Å². The minimum absolute atomic E-state index is 0.324. The molecule has 0 aliphatic rings. The Hall–Kier alpha value is -1.20. The molecule has 1 aromatic heterocycles. The van der Waals surface area contributed by atoms with E-state index in [0.29, 0.717) is 11.6 Å². The van der Waals surface area contributed by atoms with Crippen LogP contribution >= 0.6 is 22.9 Å². The van der Waals surface area contributed by atoms with Crippen molar-refractivity contribution in [1.82, 2.24) is 0 Å². The molecule has 0 fully saturated rings. The lowest BCUT2D eigenvalue weighted by Gasteiger charge is -2.10. The number of nitrogens with one attached hydrogen (secondary N) is 1. The first-order valence-electron chi connectivity index (χ1n) is 5.06. The molecule has 1 N–H and O–H groups in total. The standard InChI is InChI=1S/C12H9ClF3NS/c13-5-8-6-18-7-11(8)17-10-3-1-2-9(4-10)12(14,15)16/h1-4,6-7,17H,5H2. The zero-order valence-electron chi connectivity index (χ0n) is 9.09. The Labute approximate surface area is 111 Å². The molecular weight excluding hydrogens is 283 g/mol. The topological polar surface area (TPSA) is 12.0 Å². The van der Waals surface area contributed by atoms with E-state index in [9.17, 15) is 13.2 Å². The van der Waals surface area contributed by atoms with E-state index in [-0.39, 0.29) is 0 Å².